The second-order valence-corrected chi connectivity index (χ2v) is 5.42. The van der Waals surface area contributed by atoms with Crippen molar-refractivity contribution in [1.82, 2.24) is 15.3 Å². The lowest BCUT2D eigenvalue weighted by Gasteiger charge is -2.31. The van der Waals surface area contributed by atoms with E-state index in [2.05, 4.69) is 44.5 Å². The van der Waals surface area contributed by atoms with E-state index in [9.17, 15) is 0 Å². The molecular weight excluding hydrogens is 248 g/mol. The van der Waals surface area contributed by atoms with Gasteiger partial charge in [0.2, 0.25) is 0 Å². The first-order valence-corrected chi connectivity index (χ1v) is 7.31. The van der Waals surface area contributed by atoms with E-state index >= 15 is 0 Å². The molecule has 4 nitrogen and oxygen atoms in total. The van der Waals surface area contributed by atoms with Crippen molar-refractivity contribution in [2.45, 2.75) is 12.8 Å². The van der Waals surface area contributed by atoms with Crippen LogP contribution in [0.3, 0.4) is 0 Å². The molecule has 4 heteroatoms. The van der Waals surface area contributed by atoms with Crippen LogP contribution in [0.2, 0.25) is 0 Å². The predicted octanol–water partition coefficient (Wildman–Crippen LogP) is 1.65. The molecule has 0 spiro atoms. The van der Waals surface area contributed by atoms with Gasteiger partial charge in [-0.15, -0.1) is 0 Å². The van der Waals surface area contributed by atoms with Crippen LogP contribution in [-0.2, 0) is 12.8 Å². The van der Waals surface area contributed by atoms with E-state index in [1.165, 1.54) is 16.7 Å². The highest BCUT2D eigenvalue weighted by atomic mass is 15.2. The molecule has 1 fully saturated rings. The van der Waals surface area contributed by atoms with Gasteiger partial charge in [0.05, 0.1) is 5.69 Å². The number of fused-ring (bicyclic) bond motifs is 3. The number of rotatable bonds is 1. The molecule has 2 heterocycles. The zero-order valence-electron chi connectivity index (χ0n) is 11.5. The van der Waals surface area contributed by atoms with Crippen molar-refractivity contribution < 1.29 is 0 Å². The highest BCUT2D eigenvalue weighted by Gasteiger charge is 2.23. The highest BCUT2D eigenvalue weighted by Crippen LogP contribution is 2.35. The molecule has 1 saturated heterocycles. The van der Waals surface area contributed by atoms with Crippen LogP contribution in [0.4, 0.5) is 5.82 Å². The molecule has 102 valence electrons. The quantitative estimate of drug-likeness (QED) is 0.852. The Morgan fingerprint density at radius 2 is 1.85 bits per heavy atom. The van der Waals surface area contributed by atoms with Crippen molar-refractivity contribution in [2.75, 3.05) is 31.1 Å². The van der Waals surface area contributed by atoms with Crippen molar-refractivity contribution >= 4 is 5.82 Å². The first-order valence-electron chi connectivity index (χ1n) is 7.31. The van der Waals surface area contributed by atoms with Crippen LogP contribution < -0.4 is 10.2 Å². The normalized spacial score (nSPS) is 17.5. The van der Waals surface area contributed by atoms with Gasteiger partial charge in [-0.05, 0) is 18.4 Å². The van der Waals surface area contributed by atoms with Gasteiger partial charge < -0.3 is 10.2 Å². The number of aromatic nitrogens is 2. The summed E-state index contributed by atoms with van der Waals surface area (Å²) in [7, 11) is 0. The van der Waals surface area contributed by atoms with Crippen molar-refractivity contribution in [3.8, 4) is 11.3 Å². The third-order valence-electron chi connectivity index (χ3n) is 4.26. The molecule has 1 aliphatic carbocycles. The summed E-state index contributed by atoms with van der Waals surface area (Å²) in [5, 5.41) is 3.40. The van der Waals surface area contributed by atoms with Gasteiger partial charge in [0.15, 0.2) is 0 Å². The summed E-state index contributed by atoms with van der Waals surface area (Å²) >= 11 is 0. The number of aryl methyl sites for hydroxylation is 1. The maximum Gasteiger partial charge on any atom is 0.135 e. The van der Waals surface area contributed by atoms with Crippen LogP contribution in [-0.4, -0.2) is 36.1 Å². The minimum atomic E-state index is 1.03. The molecule has 20 heavy (non-hydrogen) atoms. The number of nitrogens with one attached hydrogen (secondary N) is 1. The van der Waals surface area contributed by atoms with Crippen LogP contribution >= 0.6 is 0 Å². The standard InChI is InChI=1S/C16H18N4/c1-2-4-13-12(3-1)5-6-14-15(13)18-11-19-16(14)20-9-7-17-8-10-20/h1-4,11,17H,5-10H2. The van der Waals surface area contributed by atoms with Crippen LogP contribution in [0, 0.1) is 0 Å². The van der Waals surface area contributed by atoms with Crippen LogP contribution in [0.25, 0.3) is 11.3 Å². The monoisotopic (exact) mass is 266 g/mol. The number of benzene rings is 1. The van der Waals surface area contributed by atoms with Gasteiger partial charge in [-0.1, -0.05) is 24.3 Å². The van der Waals surface area contributed by atoms with E-state index in [0.29, 0.717) is 0 Å². The third-order valence-corrected chi connectivity index (χ3v) is 4.26. The summed E-state index contributed by atoms with van der Waals surface area (Å²) < 4.78 is 0. The number of hydrogen-bond donors (Lipinski definition) is 1. The molecule has 1 aromatic carbocycles. The first-order chi connectivity index (χ1) is 9.93. The number of anilines is 1. The Morgan fingerprint density at radius 3 is 2.75 bits per heavy atom. The molecule has 1 aromatic heterocycles. The lowest BCUT2D eigenvalue weighted by molar-refractivity contribution is 0.582. The zero-order chi connectivity index (χ0) is 13.4. The molecule has 1 aliphatic heterocycles. The van der Waals surface area contributed by atoms with Crippen molar-refractivity contribution in [3.63, 3.8) is 0 Å². The summed E-state index contributed by atoms with van der Waals surface area (Å²) in [6.07, 6.45) is 3.86. The van der Waals surface area contributed by atoms with E-state index in [1.807, 2.05) is 0 Å². The molecule has 0 saturated carbocycles. The fraction of sp³-hybridized carbons (Fsp3) is 0.375. The predicted molar refractivity (Wildman–Crippen MR) is 80.0 cm³/mol. The average Bonchev–Trinajstić information content (AvgIpc) is 2.55. The van der Waals surface area contributed by atoms with E-state index in [0.717, 1.165) is 50.5 Å². The van der Waals surface area contributed by atoms with Gasteiger partial charge >= 0.3 is 0 Å². The smallest absolute Gasteiger partial charge is 0.135 e. The summed E-state index contributed by atoms with van der Waals surface area (Å²) in [4.78, 5) is 11.5. The molecule has 0 radical (unpaired) electrons. The fourth-order valence-corrected chi connectivity index (χ4v) is 3.24. The Bertz CT molecular complexity index is 632. The Labute approximate surface area is 118 Å². The molecule has 1 N–H and O–H groups in total. The van der Waals surface area contributed by atoms with Gasteiger partial charge in [0.1, 0.15) is 12.1 Å². The topological polar surface area (TPSA) is 41.1 Å². The molecule has 0 atom stereocenters. The summed E-state index contributed by atoms with van der Waals surface area (Å²) in [6, 6.07) is 8.61. The van der Waals surface area contributed by atoms with Crippen LogP contribution in [0.5, 0.6) is 0 Å². The molecule has 0 amide bonds. The van der Waals surface area contributed by atoms with Crippen LogP contribution in [0.15, 0.2) is 30.6 Å². The SMILES string of the molecule is c1ccc2c(c1)CCc1c-2ncnc1N1CCNCC1. The fourth-order valence-electron chi connectivity index (χ4n) is 3.24. The Hall–Kier alpha value is -1.94. The molecule has 2 aliphatic rings. The minimum absolute atomic E-state index is 1.03. The van der Waals surface area contributed by atoms with E-state index in [1.54, 1.807) is 6.33 Å². The molecule has 0 unspecified atom stereocenters. The molecule has 2 aromatic rings. The molecule has 0 bridgehead atoms. The number of hydrogen-bond acceptors (Lipinski definition) is 4. The summed E-state index contributed by atoms with van der Waals surface area (Å²) in [6.45, 7) is 4.14. The van der Waals surface area contributed by atoms with Gasteiger partial charge in [0.25, 0.3) is 0 Å². The lowest BCUT2D eigenvalue weighted by Crippen LogP contribution is -2.44. The van der Waals surface area contributed by atoms with E-state index in [-0.39, 0.29) is 0 Å². The van der Waals surface area contributed by atoms with Gasteiger partial charge in [-0.2, -0.15) is 0 Å². The zero-order valence-corrected chi connectivity index (χ0v) is 11.5. The maximum atomic E-state index is 4.58. The summed E-state index contributed by atoms with van der Waals surface area (Å²) in [5.41, 5.74) is 5.15. The second-order valence-electron chi connectivity index (χ2n) is 5.42. The number of nitrogens with zero attached hydrogens (tertiary/aromatic N) is 3. The second kappa shape index (κ2) is 4.87. The van der Waals surface area contributed by atoms with Crippen molar-refractivity contribution in [2.24, 2.45) is 0 Å². The van der Waals surface area contributed by atoms with Gasteiger partial charge in [-0.25, -0.2) is 9.97 Å². The van der Waals surface area contributed by atoms with E-state index < -0.39 is 0 Å². The highest BCUT2D eigenvalue weighted by molar-refractivity contribution is 5.73. The number of piperazine rings is 1. The molecular formula is C16H18N4. The van der Waals surface area contributed by atoms with Crippen molar-refractivity contribution in [1.29, 1.82) is 0 Å². The maximum absolute atomic E-state index is 4.58. The third kappa shape index (κ3) is 1.88. The minimum Gasteiger partial charge on any atom is -0.354 e. The van der Waals surface area contributed by atoms with E-state index in [4.69, 9.17) is 0 Å². The van der Waals surface area contributed by atoms with Crippen molar-refractivity contribution in [3.05, 3.63) is 41.7 Å². The van der Waals surface area contributed by atoms with Gasteiger partial charge in [-0.3, -0.25) is 0 Å². The first kappa shape index (κ1) is 11.9. The molecule has 4 rings (SSSR count). The Morgan fingerprint density at radius 1 is 1.00 bits per heavy atom. The summed E-state index contributed by atoms with van der Waals surface area (Å²) in [5.74, 6) is 1.14. The lowest BCUT2D eigenvalue weighted by atomic mass is 9.89. The Balaban J connectivity index is 1.81. The average molecular weight is 266 g/mol. The van der Waals surface area contributed by atoms with Gasteiger partial charge in [0, 0.05) is 37.3 Å². The Kier molecular flexibility index (Phi) is 2.89. The largest absolute Gasteiger partial charge is 0.354 e. The van der Waals surface area contributed by atoms with Crippen LogP contribution in [0.1, 0.15) is 11.1 Å².